The first-order chi connectivity index (χ1) is 16.5. The first kappa shape index (κ1) is 21.9. The molecule has 0 radical (unpaired) electrons. The van der Waals surface area contributed by atoms with Gasteiger partial charge in [0.1, 0.15) is 0 Å². The number of rotatable bonds is 7. The molecule has 34 heavy (non-hydrogen) atoms. The van der Waals surface area contributed by atoms with Crippen LogP contribution < -0.4 is 5.32 Å². The molecule has 3 heterocycles. The Kier molecular flexibility index (Phi) is 5.86. The van der Waals surface area contributed by atoms with Crippen molar-refractivity contribution in [2.45, 2.75) is 6.42 Å². The van der Waals surface area contributed by atoms with Crippen LogP contribution in [0.2, 0.25) is 0 Å². The smallest absolute Gasteiger partial charge is 0.251 e. The highest BCUT2D eigenvalue weighted by Gasteiger charge is 2.11. The van der Waals surface area contributed by atoms with Crippen molar-refractivity contribution >= 4 is 22.5 Å². The molecule has 0 saturated heterocycles. The molecule has 0 aliphatic heterocycles. The Balaban J connectivity index is 1.38. The van der Waals surface area contributed by atoms with E-state index >= 15 is 0 Å². The van der Waals surface area contributed by atoms with E-state index in [4.69, 9.17) is 0 Å². The number of fused-ring (bicyclic) bond motifs is 2. The molecule has 0 aliphatic carbocycles. The molecule has 0 atom stereocenters. The number of imidazole rings is 1. The second-order valence-corrected chi connectivity index (χ2v) is 8.83. The highest BCUT2D eigenvalue weighted by atomic mass is 16.1. The summed E-state index contributed by atoms with van der Waals surface area (Å²) in [6.45, 7) is 1.61. The number of aromatic nitrogens is 4. The van der Waals surface area contributed by atoms with Gasteiger partial charge in [0.2, 0.25) is 0 Å². The SMILES string of the molecule is CN(C)CCCNC(=O)c1ccc(-c2cn3c(-c4ccc5c(ccn5C)c4)cnc3cn2)cc1. The third-order valence-corrected chi connectivity index (χ3v) is 6.09. The molecule has 5 rings (SSSR count). The maximum absolute atomic E-state index is 12.4. The Morgan fingerprint density at radius 1 is 1.00 bits per heavy atom. The van der Waals surface area contributed by atoms with Gasteiger partial charge in [0.15, 0.2) is 5.65 Å². The quantitative estimate of drug-likeness (QED) is 0.375. The molecule has 7 heteroatoms. The molecule has 2 aromatic carbocycles. The highest BCUT2D eigenvalue weighted by Crippen LogP contribution is 2.27. The lowest BCUT2D eigenvalue weighted by molar-refractivity contribution is 0.0952. The van der Waals surface area contributed by atoms with Crippen molar-refractivity contribution in [1.29, 1.82) is 0 Å². The molecular weight excluding hydrogens is 424 g/mol. The lowest BCUT2D eigenvalue weighted by atomic mass is 10.1. The van der Waals surface area contributed by atoms with Gasteiger partial charge in [-0.3, -0.25) is 14.2 Å². The van der Waals surface area contributed by atoms with Crippen molar-refractivity contribution in [3.8, 4) is 22.5 Å². The van der Waals surface area contributed by atoms with E-state index in [2.05, 4.69) is 59.6 Å². The zero-order chi connectivity index (χ0) is 23.7. The largest absolute Gasteiger partial charge is 0.352 e. The van der Waals surface area contributed by atoms with Gasteiger partial charge in [-0.2, -0.15) is 0 Å². The van der Waals surface area contributed by atoms with Crippen molar-refractivity contribution in [2.75, 3.05) is 27.2 Å². The summed E-state index contributed by atoms with van der Waals surface area (Å²) < 4.78 is 4.18. The number of hydrogen-bond donors (Lipinski definition) is 1. The van der Waals surface area contributed by atoms with Gasteiger partial charge in [0.05, 0.1) is 23.8 Å². The van der Waals surface area contributed by atoms with Crippen molar-refractivity contribution < 1.29 is 4.79 Å². The summed E-state index contributed by atoms with van der Waals surface area (Å²) in [6, 6.07) is 16.1. The maximum Gasteiger partial charge on any atom is 0.251 e. The molecule has 0 saturated carbocycles. The third-order valence-electron chi connectivity index (χ3n) is 6.09. The molecule has 0 fully saturated rings. The van der Waals surface area contributed by atoms with Gasteiger partial charge in [-0.05, 0) is 57.4 Å². The second kappa shape index (κ2) is 9.11. The summed E-state index contributed by atoms with van der Waals surface area (Å²) in [5.41, 5.74) is 6.52. The average molecular weight is 453 g/mol. The van der Waals surface area contributed by atoms with Gasteiger partial charge >= 0.3 is 0 Å². The molecule has 1 amide bonds. The van der Waals surface area contributed by atoms with E-state index in [9.17, 15) is 4.79 Å². The van der Waals surface area contributed by atoms with E-state index in [0.29, 0.717) is 12.1 Å². The fourth-order valence-electron chi connectivity index (χ4n) is 4.18. The Hall–Kier alpha value is -3.97. The van der Waals surface area contributed by atoms with Gasteiger partial charge in [0, 0.05) is 53.6 Å². The zero-order valence-corrected chi connectivity index (χ0v) is 19.7. The van der Waals surface area contributed by atoms with Crippen LogP contribution in [0.25, 0.3) is 39.1 Å². The van der Waals surface area contributed by atoms with Gasteiger partial charge < -0.3 is 14.8 Å². The van der Waals surface area contributed by atoms with Crippen molar-refractivity contribution in [1.82, 2.24) is 29.2 Å². The van der Waals surface area contributed by atoms with Crippen LogP contribution in [0.15, 0.2) is 73.3 Å². The summed E-state index contributed by atoms with van der Waals surface area (Å²) in [6.07, 6.45) is 8.66. The topological polar surface area (TPSA) is 67.5 Å². The number of nitrogens with one attached hydrogen (secondary N) is 1. The van der Waals surface area contributed by atoms with E-state index in [0.717, 1.165) is 41.1 Å². The number of carbonyl (C=O) groups is 1. The standard InChI is InChI=1S/C27H28N6O/c1-31(2)13-4-12-28-27(34)20-7-5-19(6-8-20)23-18-33-25(16-30-26(33)17-29-23)21-9-10-24-22(15-21)11-14-32(24)3/h5-11,14-18H,4,12-13H2,1-3H3,(H,28,34). The molecule has 172 valence electrons. The molecule has 0 spiro atoms. The van der Waals surface area contributed by atoms with Crippen LogP contribution in [-0.2, 0) is 7.05 Å². The molecule has 5 aromatic rings. The summed E-state index contributed by atoms with van der Waals surface area (Å²) in [5.74, 6) is -0.0538. The van der Waals surface area contributed by atoms with Crippen LogP contribution in [0.5, 0.6) is 0 Å². The van der Waals surface area contributed by atoms with Crippen molar-refractivity contribution in [3.63, 3.8) is 0 Å². The van der Waals surface area contributed by atoms with Gasteiger partial charge in [-0.15, -0.1) is 0 Å². The fourth-order valence-corrected chi connectivity index (χ4v) is 4.18. The van der Waals surface area contributed by atoms with Gasteiger partial charge in [-0.25, -0.2) is 4.98 Å². The molecule has 0 unspecified atom stereocenters. The lowest BCUT2D eigenvalue weighted by Gasteiger charge is -2.10. The summed E-state index contributed by atoms with van der Waals surface area (Å²) in [4.78, 5) is 23.7. The van der Waals surface area contributed by atoms with E-state index in [1.54, 1.807) is 6.20 Å². The Bertz CT molecular complexity index is 1460. The number of amides is 1. The minimum absolute atomic E-state index is 0.0538. The van der Waals surface area contributed by atoms with Crippen LogP contribution in [0.4, 0.5) is 0 Å². The second-order valence-electron chi connectivity index (χ2n) is 8.83. The molecule has 3 aromatic heterocycles. The number of carbonyl (C=O) groups excluding carboxylic acids is 1. The molecular formula is C27H28N6O. The average Bonchev–Trinajstić information content (AvgIpc) is 3.44. The Labute approximate surface area is 198 Å². The van der Waals surface area contributed by atoms with Gasteiger partial charge in [0.25, 0.3) is 5.91 Å². The molecule has 1 N–H and O–H groups in total. The predicted octanol–water partition coefficient (Wildman–Crippen LogP) is 4.24. The first-order valence-corrected chi connectivity index (χ1v) is 11.4. The van der Waals surface area contributed by atoms with Crippen molar-refractivity contribution in [2.24, 2.45) is 7.05 Å². The predicted molar refractivity (Wildman–Crippen MR) is 136 cm³/mol. The van der Waals surface area contributed by atoms with Crippen LogP contribution in [0, 0.1) is 0 Å². The summed E-state index contributed by atoms with van der Waals surface area (Å²) in [7, 11) is 6.11. The maximum atomic E-state index is 12.4. The summed E-state index contributed by atoms with van der Waals surface area (Å²) >= 11 is 0. The van der Waals surface area contributed by atoms with E-state index in [1.165, 1.54) is 10.9 Å². The fraction of sp³-hybridized carbons (Fsp3) is 0.222. The van der Waals surface area contributed by atoms with E-state index in [-0.39, 0.29) is 5.91 Å². The first-order valence-electron chi connectivity index (χ1n) is 11.4. The lowest BCUT2D eigenvalue weighted by Crippen LogP contribution is -2.27. The van der Waals surface area contributed by atoms with Crippen LogP contribution in [0.1, 0.15) is 16.8 Å². The minimum atomic E-state index is -0.0538. The number of aryl methyl sites for hydroxylation is 1. The zero-order valence-electron chi connectivity index (χ0n) is 19.7. The van der Waals surface area contributed by atoms with E-state index < -0.39 is 0 Å². The third kappa shape index (κ3) is 4.30. The highest BCUT2D eigenvalue weighted by molar-refractivity contribution is 5.94. The monoisotopic (exact) mass is 452 g/mol. The summed E-state index contributed by atoms with van der Waals surface area (Å²) in [5, 5.41) is 4.17. The molecule has 0 aliphatic rings. The molecule has 7 nitrogen and oxygen atoms in total. The van der Waals surface area contributed by atoms with E-state index in [1.807, 2.05) is 57.8 Å². The number of nitrogens with zero attached hydrogens (tertiary/aromatic N) is 5. The van der Waals surface area contributed by atoms with Crippen molar-refractivity contribution in [3.05, 3.63) is 78.9 Å². The number of benzene rings is 2. The molecule has 0 bridgehead atoms. The van der Waals surface area contributed by atoms with Crippen LogP contribution >= 0.6 is 0 Å². The van der Waals surface area contributed by atoms with Gasteiger partial charge in [-0.1, -0.05) is 18.2 Å². The van der Waals surface area contributed by atoms with Crippen LogP contribution in [-0.4, -0.2) is 56.9 Å². The normalized spacial score (nSPS) is 11.5. The Morgan fingerprint density at radius 3 is 2.59 bits per heavy atom. The number of hydrogen-bond acceptors (Lipinski definition) is 4. The minimum Gasteiger partial charge on any atom is -0.352 e. The Morgan fingerprint density at radius 2 is 1.79 bits per heavy atom. The van der Waals surface area contributed by atoms with Crippen LogP contribution in [0.3, 0.4) is 0 Å².